The number of nitriles is 1. The third-order valence-corrected chi connectivity index (χ3v) is 2.78. The molecule has 18 heavy (non-hydrogen) atoms. The van der Waals surface area contributed by atoms with Crippen LogP contribution in [0, 0.1) is 17.2 Å². The van der Waals surface area contributed by atoms with Gasteiger partial charge in [0.1, 0.15) is 0 Å². The van der Waals surface area contributed by atoms with Gasteiger partial charge in [-0.3, -0.25) is 4.79 Å². The van der Waals surface area contributed by atoms with Crippen molar-refractivity contribution in [3.63, 3.8) is 0 Å². The zero-order chi connectivity index (χ0) is 13.7. The van der Waals surface area contributed by atoms with Crippen molar-refractivity contribution in [2.24, 2.45) is 5.92 Å². The number of carbonyl (C=O) groups excluding carboxylic acids is 1. The maximum Gasteiger partial charge on any atom is 0.158 e. The molecule has 1 rings (SSSR count). The third kappa shape index (κ3) is 2.98. The van der Waals surface area contributed by atoms with E-state index in [4.69, 9.17) is 5.26 Å². The lowest BCUT2D eigenvalue weighted by molar-refractivity contribution is -0.114. The molecule has 3 heteroatoms. The lowest BCUT2D eigenvalue weighted by atomic mass is 9.94. The molecule has 0 aliphatic heterocycles. The van der Waals surface area contributed by atoms with Crippen molar-refractivity contribution in [1.82, 2.24) is 5.32 Å². The molecule has 3 nitrogen and oxygen atoms in total. The predicted octanol–water partition coefficient (Wildman–Crippen LogP) is 2.73. The Hall–Kier alpha value is -2.08. The molecule has 0 saturated heterocycles. The molecular weight excluding hydrogens is 224 g/mol. The summed E-state index contributed by atoms with van der Waals surface area (Å²) in [7, 11) is 1.80. The lowest BCUT2D eigenvalue weighted by Crippen LogP contribution is -2.15. The standard InChI is InChI=1S/C15H18N2O/c1-10(2)14(11(3)18)15(17-4)13-7-5-12(9-16)6-8-13/h5-8,10,17H,1-4H3/b15-14-. The minimum atomic E-state index is 0.0682. The smallest absolute Gasteiger partial charge is 0.158 e. The first-order valence-electron chi connectivity index (χ1n) is 5.94. The molecule has 0 aliphatic rings. The summed E-state index contributed by atoms with van der Waals surface area (Å²) >= 11 is 0. The fourth-order valence-corrected chi connectivity index (χ4v) is 2.02. The Morgan fingerprint density at radius 2 is 1.83 bits per heavy atom. The molecule has 0 atom stereocenters. The summed E-state index contributed by atoms with van der Waals surface area (Å²) in [6.07, 6.45) is 0. The van der Waals surface area contributed by atoms with E-state index in [-0.39, 0.29) is 11.7 Å². The predicted molar refractivity (Wildman–Crippen MR) is 72.7 cm³/mol. The highest BCUT2D eigenvalue weighted by atomic mass is 16.1. The second-order valence-corrected chi connectivity index (χ2v) is 4.44. The van der Waals surface area contributed by atoms with Gasteiger partial charge >= 0.3 is 0 Å². The Morgan fingerprint density at radius 3 is 2.17 bits per heavy atom. The summed E-state index contributed by atoms with van der Waals surface area (Å²) in [5, 5.41) is 11.9. The van der Waals surface area contributed by atoms with Gasteiger partial charge in [0.25, 0.3) is 0 Å². The van der Waals surface area contributed by atoms with Crippen LogP contribution in [0.2, 0.25) is 0 Å². The van der Waals surface area contributed by atoms with Crippen LogP contribution in [0.4, 0.5) is 0 Å². The van der Waals surface area contributed by atoms with E-state index >= 15 is 0 Å². The van der Waals surface area contributed by atoms with Crippen molar-refractivity contribution in [3.05, 3.63) is 41.0 Å². The Bertz CT molecular complexity index is 504. The fraction of sp³-hybridized carbons (Fsp3) is 0.333. The normalized spacial score (nSPS) is 11.8. The molecule has 1 aromatic carbocycles. The number of nitrogens with zero attached hydrogens (tertiary/aromatic N) is 1. The first kappa shape index (κ1) is 14.0. The number of allylic oxidation sites excluding steroid dienone is 1. The molecule has 0 radical (unpaired) electrons. The minimum Gasteiger partial charge on any atom is -0.387 e. The monoisotopic (exact) mass is 242 g/mol. The summed E-state index contributed by atoms with van der Waals surface area (Å²) in [5.41, 5.74) is 3.16. The largest absolute Gasteiger partial charge is 0.387 e. The maximum absolute atomic E-state index is 11.7. The molecule has 1 aromatic rings. The SMILES string of the molecule is CN/C(=C(\C(C)=O)C(C)C)c1ccc(C#N)cc1. The van der Waals surface area contributed by atoms with E-state index in [1.54, 1.807) is 26.1 Å². The Kier molecular flexibility index (Phi) is 4.67. The zero-order valence-corrected chi connectivity index (χ0v) is 11.2. The molecule has 0 fully saturated rings. The number of hydrogen-bond acceptors (Lipinski definition) is 3. The van der Waals surface area contributed by atoms with Gasteiger partial charge in [0.15, 0.2) is 5.78 Å². The van der Waals surface area contributed by atoms with Crippen LogP contribution >= 0.6 is 0 Å². The van der Waals surface area contributed by atoms with E-state index in [0.29, 0.717) is 5.56 Å². The van der Waals surface area contributed by atoms with E-state index < -0.39 is 0 Å². The highest BCUT2D eigenvalue weighted by Gasteiger charge is 2.15. The second kappa shape index (κ2) is 6.02. The van der Waals surface area contributed by atoms with Gasteiger partial charge in [-0.2, -0.15) is 5.26 Å². The highest BCUT2D eigenvalue weighted by molar-refractivity contribution is 6.01. The highest BCUT2D eigenvalue weighted by Crippen LogP contribution is 2.22. The molecule has 0 unspecified atom stereocenters. The minimum absolute atomic E-state index is 0.0682. The summed E-state index contributed by atoms with van der Waals surface area (Å²) in [4.78, 5) is 11.7. The van der Waals surface area contributed by atoms with Crippen molar-refractivity contribution in [2.75, 3.05) is 7.05 Å². The zero-order valence-electron chi connectivity index (χ0n) is 11.2. The van der Waals surface area contributed by atoms with E-state index in [1.807, 2.05) is 26.0 Å². The molecule has 0 aromatic heterocycles. The van der Waals surface area contributed by atoms with E-state index in [2.05, 4.69) is 11.4 Å². The van der Waals surface area contributed by atoms with Crippen LogP contribution < -0.4 is 5.32 Å². The molecule has 0 amide bonds. The van der Waals surface area contributed by atoms with Gasteiger partial charge in [-0.25, -0.2) is 0 Å². The average molecular weight is 242 g/mol. The van der Waals surface area contributed by atoms with Gasteiger partial charge in [-0.05, 0) is 30.5 Å². The number of ketones is 1. The summed E-state index contributed by atoms with van der Waals surface area (Å²) in [6.45, 7) is 5.58. The van der Waals surface area contributed by atoms with Crippen molar-refractivity contribution in [2.45, 2.75) is 20.8 Å². The van der Waals surface area contributed by atoms with E-state index in [1.165, 1.54) is 0 Å². The van der Waals surface area contributed by atoms with E-state index in [9.17, 15) is 4.79 Å². The van der Waals surface area contributed by atoms with E-state index in [0.717, 1.165) is 16.8 Å². The van der Waals surface area contributed by atoms with Gasteiger partial charge in [0.05, 0.1) is 11.6 Å². The van der Waals surface area contributed by atoms with Crippen molar-refractivity contribution in [3.8, 4) is 6.07 Å². The van der Waals surface area contributed by atoms with Crippen LogP contribution in [-0.2, 0) is 4.79 Å². The quantitative estimate of drug-likeness (QED) is 0.826. The molecule has 0 aliphatic carbocycles. The molecule has 0 bridgehead atoms. The van der Waals surface area contributed by atoms with Gasteiger partial charge < -0.3 is 5.32 Å². The fourth-order valence-electron chi connectivity index (χ4n) is 2.02. The topological polar surface area (TPSA) is 52.9 Å². The Balaban J connectivity index is 3.34. The van der Waals surface area contributed by atoms with Crippen LogP contribution in [0.15, 0.2) is 29.8 Å². The number of benzene rings is 1. The van der Waals surface area contributed by atoms with Crippen LogP contribution in [0.3, 0.4) is 0 Å². The third-order valence-electron chi connectivity index (χ3n) is 2.78. The molecular formula is C15H18N2O. The van der Waals surface area contributed by atoms with Crippen molar-refractivity contribution < 1.29 is 4.79 Å². The van der Waals surface area contributed by atoms with Gasteiger partial charge in [-0.15, -0.1) is 0 Å². The van der Waals surface area contributed by atoms with Crippen LogP contribution in [0.5, 0.6) is 0 Å². The molecule has 0 spiro atoms. The lowest BCUT2D eigenvalue weighted by Gasteiger charge is -2.16. The van der Waals surface area contributed by atoms with Crippen LogP contribution in [-0.4, -0.2) is 12.8 Å². The Labute approximate surface area is 108 Å². The number of hydrogen-bond donors (Lipinski definition) is 1. The first-order valence-corrected chi connectivity index (χ1v) is 5.94. The van der Waals surface area contributed by atoms with Gasteiger partial charge in [0, 0.05) is 18.3 Å². The van der Waals surface area contributed by atoms with Gasteiger partial charge in [-0.1, -0.05) is 26.0 Å². The molecule has 1 N–H and O–H groups in total. The van der Waals surface area contributed by atoms with Gasteiger partial charge in [0.2, 0.25) is 0 Å². The summed E-state index contributed by atoms with van der Waals surface area (Å²) in [5.74, 6) is 0.222. The maximum atomic E-state index is 11.7. The summed E-state index contributed by atoms with van der Waals surface area (Å²) < 4.78 is 0. The summed E-state index contributed by atoms with van der Waals surface area (Å²) in [6, 6.07) is 9.31. The molecule has 94 valence electrons. The number of rotatable bonds is 4. The molecule has 0 heterocycles. The van der Waals surface area contributed by atoms with Crippen LogP contribution in [0.1, 0.15) is 31.9 Å². The average Bonchev–Trinajstić information content (AvgIpc) is 2.35. The van der Waals surface area contributed by atoms with Crippen molar-refractivity contribution in [1.29, 1.82) is 5.26 Å². The Morgan fingerprint density at radius 1 is 1.28 bits per heavy atom. The number of carbonyl (C=O) groups is 1. The number of nitrogens with one attached hydrogen (secondary N) is 1. The number of Topliss-reactive ketones (excluding diaryl/α,β-unsaturated/α-hetero) is 1. The first-order chi connectivity index (χ1) is 8.51. The van der Waals surface area contributed by atoms with Crippen LogP contribution in [0.25, 0.3) is 5.70 Å². The van der Waals surface area contributed by atoms with Crippen molar-refractivity contribution >= 4 is 11.5 Å². The molecule has 0 saturated carbocycles. The second-order valence-electron chi connectivity index (χ2n) is 4.44.